The Kier molecular flexibility index (Phi) is 4.22. The van der Waals surface area contributed by atoms with Crippen molar-refractivity contribution in [1.29, 1.82) is 0 Å². The minimum absolute atomic E-state index is 0.0260. The fraction of sp³-hybridized carbons (Fsp3) is 0.0625. The number of hydrogen-bond donors (Lipinski definition) is 1. The molecule has 1 heterocycles. The van der Waals surface area contributed by atoms with Crippen LogP contribution in [0.15, 0.2) is 55.1 Å². The molecule has 0 aliphatic heterocycles. The second-order valence-corrected chi connectivity index (χ2v) is 5.03. The minimum atomic E-state index is -4.58. The molecule has 0 aliphatic rings. The van der Waals surface area contributed by atoms with Crippen molar-refractivity contribution >= 4 is 11.6 Å². The topological polar surface area (TPSA) is 59.8 Å². The largest absolute Gasteiger partial charge is 0.416 e. The maximum atomic E-state index is 13.2. The van der Waals surface area contributed by atoms with Gasteiger partial charge < -0.3 is 5.32 Å². The molecule has 0 saturated carbocycles. The number of benzene rings is 2. The summed E-state index contributed by atoms with van der Waals surface area (Å²) < 4.78 is 53.3. The Morgan fingerprint density at radius 1 is 1.12 bits per heavy atom. The van der Waals surface area contributed by atoms with Crippen LogP contribution in [0.4, 0.5) is 23.2 Å². The van der Waals surface area contributed by atoms with Gasteiger partial charge in [-0.1, -0.05) is 6.07 Å². The van der Waals surface area contributed by atoms with Gasteiger partial charge in [0.2, 0.25) is 0 Å². The van der Waals surface area contributed by atoms with E-state index in [-0.39, 0.29) is 16.9 Å². The van der Waals surface area contributed by atoms with Gasteiger partial charge in [0.1, 0.15) is 18.5 Å². The van der Waals surface area contributed by atoms with Gasteiger partial charge in [0.05, 0.1) is 16.9 Å². The molecule has 2 aromatic carbocycles. The van der Waals surface area contributed by atoms with Crippen LogP contribution in [0, 0.1) is 5.82 Å². The van der Waals surface area contributed by atoms with Crippen LogP contribution in [0.2, 0.25) is 0 Å². The van der Waals surface area contributed by atoms with Gasteiger partial charge in [-0.05, 0) is 36.4 Å². The molecule has 5 nitrogen and oxygen atoms in total. The second-order valence-electron chi connectivity index (χ2n) is 5.03. The van der Waals surface area contributed by atoms with E-state index in [1.165, 1.54) is 35.5 Å². The van der Waals surface area contributed by atoms with Crippen LogP contribution >= 0.6 is 0 Å². The lowest BCUT2D eigenvalue weighted by molar-refractivity contribution is -0.137. The molecule has 1 amide bonds. The van der Waals surface area contributed by atoms with Crippen LogP contribution in [-0.4, -0.2) is 20.7 Å². The summed E-state index contributed by atoms with van der Waals surface area (Å²) in [5, 5.41) is 6.21. The zero-order valence-electron chi connectivity index (χ0n) is 12.5. The van der Waals surface area contributed by atoms with Crippen LogP contribution in [0.5, 0.6) is 0 Å². The molecule has 0 spiro atoms. The highest BCUT2D eigenvalue weighted by Gasteiger charge is 2.31. The van der Waals surface area contributed by atoms with E-state index in [1.807, 2.05) is 0 Å². The Hall–Kier alpha value is -3.23. The first-order valence-corrected chi connectivity index (χ1v) is 6.98. The van der Waals surface area contributed by atoms with E-state index < -0.39 is 23.5 Å². The van der Waals surface area contributed by atoms with E-state index in [9.17, 15) is 22.4 Å². The summed E-state index contributed by atoms with van der Waals surface area (Å²) >= 11 is 0. The molecule has 0 unspecified atom stereocenters. The summed E-state index contributed by atoms with van der Waals surface area (Å²) in [7, 11) is 0. The predicted molar refractivity (Wildman–Crippen MR) is 80.7 cm³/mol. The number of carbonyl (C=O) groups excluding carboxylic acids is 1. The van der Waals surface area contributed by atoms with Crippen molar-refractivity contribution in [3.05, 3.63) is 72.1 Å². The third-order valence-corrected chi connectivity index (χ3v) is 3.32. The molecule has 0 aliphatic carbocycles. The number of halogens is 4. The van der Waals surface area contributed by atoms with E-state index in [1.54, 1.807) is 0 Å². The van der Waals surface area contributed by atoms with Gasteiger partial charge in [0, 0.05) is 5.56 Å². The summed E-state index contributed by atoms with van der Waals surface area (Å²) in [4.78, 5) is 16.0. The van der Waals surface area contributed by atoms with Gasteiger partial charge >= 0.3 is 6.18 Å². The summed E-state index contributed by atoms with van der Waals surface area (Å²) in [5.74, 6) is -1.38. The normalized spacial score (nSPS) is 11.4. The quantitative estimate of drug-likeness (QED) is 0.733. The Labute approximate surface area is 138 Å². The molecule has 9 heteroatoms. The van der Waals surface area contributed by atoms with E-state index in [2.05, 4.69) is 15.4 Å². The lowest BCUT2D eigenvalue weighted by Gasteiger charge is -2.14. The first-order chi connectivity index (χ1) is 11.8. The summed E-state index contributed by atoms with van der Waals surface area (Å²) in [6.45, 7) is 0. The third kappa shape index (κ3) is 3.65. The molecule has 1 aromatic heterocycles. The van der Waals surface area contributed by atoms with Crippen LogP contribution in [-0.2, 0) is 6.18 Å². The number of carbonyl (C=O) groups is 1. The van der Waals surface area contributed by atoms with Crippen molar-refractivity contribution in [3.8, 4) is 5.69 Å². The molecule has 0 fully saturated rings. The molecule has 1 N–H and O–H groups in total. The van der Waals surface area contributed by atoms with Crippen LogP contribution in [0.1, 0.15) is 15.9 Å². The lowest BCUT2D eigenvalue weighted by atomic mass is 10.1. The first kappa shape index (κ1) is 16.6. The lowest BCUT2D eigenvalue weighted by Crippen LogP contribution is -2.15. The van der Waals surface area contributed by atoms with Crippen molar-refractivity contribution in [2.45, 2.75) is 6.18 Å². The van der Waals surface area contributed by atoms with E-state index in [4.69, 9.17) is 0 Å². The minimum Gasteiger partial charge on any atom is -0.320 e. The molecule has 3 rings (SSSR count). The zero-order valence-corrected chi connectivity index (χ0v) is 12.5. The van der Waals surface area contributed by atoms with Crippen LogP contribution in [0.3, 0.4) is 0 Å². The summed E-state index contributed by atoms with van der Waals surface area (Å²) in [6.07, 6.45) is -2.10. The van der Waals surface area contributed by atoms with Crippen LogP contribution < -0.4 is 5.32 Å². The van der Waals surface area contributed by atoms with Crippen molar-refractivity contribution in [1.82, 2.24) is 14.8 Å². The SMILES string of the molecule is O=C(Nc1cc(C(F)(F)F)ccc1-n1cncn1)c1cccc(F)c1. The number of amides is 1. The highest BCUT2D eigenvalue weighted by atomic mass is 19.4. The van der Waals surface area contributed by atoms with Gasteiger partial charge in [-0.3, -0.25) is 4.79 Å². The van der Waals surface area contributed by atoms with E-state index >= 15 is 0 Å². The average molecular weight is 350 g/mol. The highest BCUT2D eigenvalue weighted by Crippen LogP contribution is 2.33. The fourth-order valence-corrected chi connectivity index (χ4v) is 2.17. The number of nitrogens with one attached hydrogen (secondary N) is 1. The van der Waals surface area contributed by atoms with Gasteiger partial charge in [-0.25, -0.2) is 14.1 Å². The number of rotatable bonds is 3. The van der Waals surface area contributed by atoms with E-state index in [0.717, 1.165) is 24.3 Å². The Balaban J connectivity index is 2.01. The number of alkyl halides is 3. The zero-order chi connectivity index (χ0) is 18.0. The predicted octanol–water partition coefficient (Wildman–Crippen LogP) is 3.68. The number of aromatic nitrogens is 3. The molecule has 128 valence electrons. The number of anilines is 1. The maximum absolute atomic E-state index is 13.2. The van der Waals surface area contributed by atoms with Crippen molar-refractivity contribution in [2.24, 2.45) is 0 Å². The molecule has 3 aromatic rings. The van der Waals surface area contributed by atoms with E-state index in [0.29, 0.717) is 0 Å². The van der Waals surface area contributed by atoms with Crippen molar-refractivity contribution in [3.63, 3.8) is 0 Å². The monoisotopic (exact) mass is 350 g/mol. The Morgan fingerprint density at radius 2 is 1.92 bits per heavy atom. The van der Waals surface area contributed by atoms with Gasteiger partial charge in [-0.15, -0.1) is 0 Å². The molecule has 25 heavy (non-hydrogen) atoms. The second kappa shape index (κ2) is 6.34. The fourth-order valence-electron chi connectivity index (χ4n) is 2.17. The van der Waals surface area contributed by atoms with Gasteiger partial charge in [0.25, 0.3) is 5.91 Å². The van der Waals surface area contributed by atoms with Crippen molar-refractivity contribution in [2.75, 3.05) is 5.32 Å². The smallest absolute Gasteiger partial charge is 0.320 e. The molecule has 0 atom stereocenters. The number of hydrogen-bond acceptors (Lipinski definition) is 3. The molecular weight excluding hydrogens is 340 g/mol. The Bertz CT molecular complexity index is 907. The first-order valence-electron chi connectivity index (χ1n) is 6.98. The van der Waals surface area contributed by atoms with Crippen LogP contribution in [0.25, 0.3) is 5.69 Å². The third-order valence-electron chi connectivity index (χ3n) is 3.32. The van der Waals surface area contributed by atoms with Gasteiger partial charge in [-0.2, -0.15) is 18.3 Å². The highest BCUT2D eigenvalue weighted by molar-refractivity contribution is 6.05. The summed E-state index contributed by atoms with van der Waals surface area (Å²) in [5.41, 5.74) is -0.905. The standard InChI is InChI=1S/C16H10F4N4O/c17-12-3-1-2-10(6-12)15(25)23-13-7-11(16(18,19)20)4-5-14(13)24-9-21-8-22-24/h1-9H,(H,23,25). The van der Waals surface area contributed by atoms with Crippen molar-refractivity contribution < 1.29 is 22.4 Å². The number of nitrogens with zero attached hydrogens (tertiary/aromatic N) is 3. The molecule has 0 radical (unpaired) electrons. The molecular formula is C16H10F4N4O. The summed E-state index contributed by atoms with van der Waals surface area (Å²) in [6, 6.07) is 7.64. The Morgan fingerprint density at radius 3 is 2.56 bits per heavy atom. The van der Waals surface area contributed by atoms with Gasteiger partial charge in [0.15, 0.2) is 0 Å². The molecule has 0 bridgehead atoms. The average Bonchev–Trinajstić information content (AvgIpc) is 3.08. The maximum Gasteiger partial charge on any atom is 0.416 e. The molecule has 0 saturated heterocycles.